The van der Waals surface area contributed by atoms with Gasteiger partial charge in [-0.15, -0.1) is 0 Å². The number of rotatable bonds is 29. The number of fused-ring (bicyclic) bond motifs is 3. The Morgan fingerprint density at radius 3 is 1.39 bits per heavy atom. The number of aromatic amines is 3. The van der Waals surface area contributed by atoms with Crippen LogP contribution in [0.1, 0.15) is 55.9 Å². The van der Waals surface area contributed by atoms with E-state index >= 15 is 0 Å². The molecule has 83 heavy (non-hydrogen) atoms. The van der Waals surface area contributed by atoms with Crippen LogP contribution < -0.4 is 48.3 Å². The molecule has 0 fully saturated rings. The molecule has 0 aliphatic carbocycles. The molecule has 7 rings (SSSR count). The van der Waals surface area contributed by atoms with Crippen LogP contribution >= 0.6 is 0 Å². The lowest BCUT2D eigenvalue weighted by Crippen LogP contribution is -2.60. The number of benzene rings is 4. The van der Waals surface area contributed by atoms with Gasteiger partial charge in [-0.2, -0.15) is 0 Å². The topological polar surface area (TPSA) is 381 Å². The summed E-state index contributed by atoms with van der Waals surface area (Å²) in [7, 11) is 0. The molecule has 8 amide bonds. The Morgan fingerprint density at radius 2 is 0.904 bits per heavy atom. The Bertz CT molecular complexity index is 3480. The number of carboxylic acids is 2. The minimum Gasteiger partial charge on any atom is -0.481 e. The van der Waals surface area contributed by atoms with Crippen LogP contribution in [0, 0.1) is 5.92 Å². The van der Waals surface area contributed by atoms with Crippen molar-refractivity contribution >= 4 is 91.9 Å². The lowest BCUT2D eigenvalue weighted by Gasteiger charge is -2.27. The molecule has 0 unspecified atom stereocenters. The van der Waals surface area contributed by atoms with Gasteiger partial charge in [0.2, 0.25) is 47.3 Å². The molecule has 0 aliphatic rings. The van der Waals surface area contributed by atoms with Crippen molar-refractivity contribution in [2.75, 3.05) is 13.1 Å². The number of aliphatic carboxylic acids is 2. The molecule has 0 aliphatic heterocycles. The van der Waals surface area contributed by atoms with Crippen molar-refractivity contribution in [3.63, 3.8) is 0 Å². The van der Waals surface area contributed by atoms with E-state index in [0.717, 1.165) is 16.5 Å². The Labute approximate surface area is 476 Å². The van der Waals surface area contributed by atoms with Gasteiger partial charge in [0, 0.05) is 70.6 Å². The molecule has 7 aromatic rings. The van der Waals surface area contributed by atoms with Crippen molar-refractivity contribution in [2.45, 2.75) is 102 Å². The highest BCUT2D eigenvalue weighted by Crippen LogP contribution is 2.23. The van der Waals surface area contributed by atoms with E-state index in [1.54, 1.807) is 98.3 Å². The SMILES string of the molecule is CC[C@H](C)[C@H](NC(=O)[C@@H](N)Cc1c[nH]c2ccccc12)C(=O)N[C@@H](C)C(=O)NCC(=O)N[C@@H](Cc1ccccc1)C(=O)N[C@@H](Cc1c[nH]c2ccccc12)C(=O)N[C@@H](Cc1c[nH]c2ccccc12)C(=O)N[C@@H](CC(=O)O)C(=O)NCC(=O)O. The van der Waals surface area contributed by atoms with Crippen LogP contribution in [0.2, 0.25) is 0 Å². The van der Waals surface area contributed by atoms with E-state index in [2.05, 4.69) is 57.5 Å². The van der Waals surface area contributed by atoms with E-state index in [1.807, 2.05) is 37.3 Å². The minimum atomic E-state index is -1.77. The van der Waals surface area contributed by atoms with E-state index in [-0.39, 0.29) is 31.6 Å². The number of carbonyl (C=O) groups excluding carboxylic acids is 8. The van der Waals surface area contributed by atoms with Gasteiger partial charge in [0.05, 0.1) is 19.0 Å². The second-order valence-corrected chi connectivity index (χ2v) is 20.3. The van der Waals surface area contributed by atoms with Crippen LogP contribution in [0.15, 0.2) is 122 Å². The third-order valence-electron chi connectivity index (χ3n) is 14.2. The maximum Gasteiger partial charge on any atom is 0.322 e. The first kappa shape index (κ1) is 60.8. The molecule has 24 nitrogen and oxygen atoms in total. The number of hydrogen-bond donors (Lipinski definition) is 14. The van der Waals surface area contributed by atoms with Gasteiger partial charge in [-0.05, 0) is 59.7 Å². The first-order chi connectivity index (χ1) is 39.8. The molecule has 0 bridgehead atoms. The Kier molecular flexibility index (Phi) is 20.9. The Morgan fingerprint density at radius 1 is 0.458 bits per heavy atom. The molecule has 0 spiro atoms. The molecule has 0 saturated carbocycles. The molecule has 24 heteroatoms. The van der Waals surface area contributed by atoms with Crippen molar-refractivity contribution in [1.29, 1.82) is 0 Å². The maximum absolute atomic E-state index is 14.9. The van der Waals surface area contributed by atoms with Crippen LogP contribution in [-0.4, -0.2) is 140 Å². The van der Waals surface area contributed by atoms with Gasteiger partial charge < -0.3 is 73.4 Å². The molecule has 8 atom stereocenters. The predicted octanol–water partition coefficient (Wildman–Crippen LogP) is 1.49. The third-order valence-corrected chi connectivity index (χ3v) is 14.2. The smallest absolute Gasteiger partial charge is 0.322 e. The van der Waals surface area contributed by atoms with E-state index in [0.29, 0.717) is 44.9 Å². The van der Waals surface area contributed by atoms with Crippen LogP contribution in [-0.2, 0) is 73.6 Å². The highest BCUT2D eigenvalue weighted by atomic mass is 16.4. The zero-order chi connectivity index (χ0) is 59.7. The summed E-state index contributed by atoms with van der Waals surface area (Å²) in [6, 6.07) is 21.1. The van der Waals surface area contributed by atoms with E-state index in [1.165, 1.54) is 6.92 Å². The third kappa shape index (κ3) is 16.6. The number of nitrogens with two attached hydrogens (primary N) is 1. The van der Waals surface area contributed by atoms with E-state index in [4.69, 9.17) is 10.8 Å². The summed E-state index contributed by atoms with van der Waals surface area (Å²) >= 11 is 0. The number of aromatic nitrogens is 3. The quantitative estimate of drug-likeness (QED) is 0.0317. The summed E-state index contributed by atoms with van der Waals surface area (Å²) in [6.45, 7) is 3.48. The molecular formula is C59H68N12O12. The number of H-pyrrole nitrogens is 3. The summed E-state index contributed by atoms with van der Waals surface area (Å²) in [6.07, 6.45) is 4.29. The second kappa shape index (κ2) is 28.5. The fraction of sp³-hybridized carbons (Fsp3) is 0.322. The Balaban J connectivity index is 1.07. The molecule has 3 heterocycles. The van der Waals surface area contributed by atoms with Crippen LogP contribution in [0.25, 0.3) is 32.7 Å². The zero-order valence-corrected chi connectivity index (χ0v) is 45.9. The second-order valence-electron chi connectivity index (χ2n) is 20.3. The molecule has 3 aromatic heterocycles. The van der Waals surface area contributed by atoms with Crippen molar-refractivity contribution in [3.05, 3.63) is 144 Å². The number of hydrogen-bond acceptors (Lipinski definition) is 11. The van der Waals surface area contributed by atoms with Gasteiger partial charge >= 0.3 is 11.9 Å². The first-order valence-electron chi connectivity index (χ1n) is 27.0. The highest BCUT2D eigenvalue weighted by molar-refractivity contribution is 5.99. The number of carbonyl (C=O) groups is 10. The predicted molar refractivity (Wildman–Crippen MR) is 307 cm³/mol. The van der Waals surface area contributed by atoms with Crippen LogP contribution in [0.5, 0.6) is 0 Å². The van der Waals surface area contributed by atoms with Crippen LogP contribution in [0.3, 0.4) is 0 Å². The average molecular weight is 1140 g/mol. The van der Waals surface area contributed by atoms with Crippen molar-refractivity contribution in [2.24, 2.45) is 11.7 Å². The number of para-hydroxylation sites is 3. The molecule has 4 aromatic carbocycles. The van der Waals surface area contributed by atoms with Crippen molar-refractivity contribution in [1.82, 2.24) is 57.5 Å². The van der Waals surface area contributed by atoms with Gasteiger partial charge in [0.1, 0.15) is 42.8 Å². The highest BCUT2D eigenvalue weighted by Gasteiger charge is 2.35. The lowest BCUT2D eigenvalue weighted by atomic mass is 9.97. The van der Waals surface area contributed by atoms with Crippen molar-refractivity contribution < 1.29 is 58.2 Å². The maximum atomic E-state index is 14.9. The molecular weight excluding hydrogens is 1070 g/mol. The van der Waals surface area contributed by atoms with Crippen LogP contribution in [0.4, 0.5) is 0 Å². The van der Waals surface area contributed by atoms with Gasteiger partial charge in [-0.3, -0.25) is 47.9 Å². The summed E-state index contributed by atoms with van der Waals surface area (Å²) in [5.74, 6) is -9.96. The van der Waals surface area contributed by atoms with Gasteiger partial charge in [0.15, 0.2) is 0 Å². The van der Waals surface area contributed by atoms with Gasteiger partial charge in [-0.1, -0.05) is 105 Å². The fourth-order valence-electron chi connectivity index (χ4n) is 9.53. The number of nitrogens with one attached hydrogen (secondary N) is 11. The molecule has 0 radical (unpaired) electrons. The van der Waals surface area contributed by atoms with Gasteiger partial charge in [0.25, 0.3) is 0 Å². The number of amides is 8. The standard InChI is InChI=1S/C59H68N12O12/c1-4-32(2)52(71-54(78)41(60)23-35-27-61-42-19-11-8-16-38(35)42)59(83)66-33(3)53(77)64-30-49(72)67-45(22-34-14-6-5-7-15-34)56(80)68-46(24-36-28-62-43-20-12-9-17-39(36)43)57(81)69-47(25-37-29-63-44-21-13-10-18-40(37)44)58(82)70-48(26-50(73)74)55(79)65-31-51(75)76/h5-21,27-29,32-33,41,45-48,52,61-63H,4,22-26,30-31,60H2,1-3H3,(H,64,77)(H,65,79)(H,66,83)(H,67,72)(H,68,80)(H,69,81)(H,70,82)(H,71,78)(H,73,74)(H,75,76)/t32-,33-,41-,45-,46-,47-,48-,52-/m0/s1. The van der Waals surface area contributed by atoms with E-state index in [9.17, 15) is 53.1 Å². The summed E-state index contributed by atoms with van der Waals surface area (Å²) in [4.78, 5) is 144. The van der Waals surface area contributed by atoms with Gasteiger partial charge in [-0.25, -0.2) is 0 Å². The first-order valence-corrected chi connectivity index (χ1v) is 27.0. The Hall–Kier alpha value is -9.84. The number of carboxylic acid groups (broad SMARTS) is 2. The average Bonchev–Trinajstić information content (AvgIpc) is 4.40. The molecule has 15 N–H and O–H groups in total. The summed E-state index contributed by atoms with van der Waals surface area (Å²) in [5, 5.41) is 41.6. The summed E-state index contributed by atoms with van der Waals surface area (Å²) in [5.41, 5.74) is 11.2. The lowest BCUT2D eigenvalue weighted by molar-refractivity contribution is -0.141. The minimum absolute atomic E-state index is 0.102. The fourth-order valence-corrected chi connectivity index (χ4v) is 9.53. The van der Waals surface area contributed by atoms with Crippen molar-refractivity contribution in [3.8, 4) is 0 Å². The normalized spacial score (nSPS) is 14.1. The summed E-state index contributed by atoms with van der Waals surface area (Å²) < 4.78 is 0. The largest absolute Gasteiger partial charge is 0.481 e. The monoisotopic (exact) mass is 1140 g/mol. The zero-order valence-electron chi connectivity index (χ0n) is 45.9. The molecule has 436 valence electrons. The van der Waals surface area contributed by atoms with E-state index < -0.39 is 121 Å². The molecule has 0 saturated heterocycles.